The average Bonchev–Trinajstić information content (AvgIpc) is 2.87. The summed E-state index contributed by atoms with van der Waals surface area (Å²) in [7, 11) is -0.800. The Labute approximate surface area is 135 Å². The third-order valence-corrected chi connectivity index (χ3v) is 5.41. The summed E-state index contributed by atoms with van der Waals surface area (Å²) in [6.45, 7) is 4.44. The van der Waals surface area contributed by atoms with Crippen molar-refractivity contribution < 1.29 is 14.0 Å². The Hall–Kier alpha value is -1.02. The molecule has 1 aromatic rings. The van der Waals surface area contributed by atoms with Gasteiger partial charge in [0, 0.05) is 37.8 Å². The van der Waals surface area contributed by atoms with Gasteiger partial charge in [0.1, 0.15) is 0 Å². The van der Waals surface area contributed by atoms with Gasteiger partial charge in [-0.1, -0.05) is 0 Å². The summed E-state index contributed by atoms with van der Waals surface area (Å²) in [5.41, 5.74) is 2.12. The van der Waals surface area contributed by atoms with E-state index in [1.807, 2.05) is 6.92 Å². The van der Waals surface area contributed by atoms with Crippen molar-refractivity contribution in [3.8, 4) is 0 Å². The molecule has 1 heterocycles. The molecule has 0 aliphatic rings. The Balaban J connectivity index is 2.35. The van der Waals surface area contributed by atoms with Gasteiger partial charge in [-0.05, 0) is 13.8 Å². The van der Waals surface area contributed by atoms with Crippen LogP contribution in [0.5, 0.6) is 0 Å². The number of H-pyrrole nitrogens is 1. The molecule has 0 spiro atoms. The molecule has 126 valence electrons. The van der Waals surface area contributed by atoms with Crippen LogP contribution in [-0.2, 0) is 14.8 Å². The van der Waals surface area contributed by atoms with Gasteiger partial charge in [0.05, 0.1) is 18.6 Å². The first-order valence-electron chi connectivity index (χ1n) is 6.91. The molecule has 1 atom stereocenters. The average molecular weight is 349 g/mol. The fourth-order valence-corrected chi connectivity index (χ4v) is 3.43. The number of aromatic amines is 1. The van der Waals surface area contributed by atoms with E-state index in [4.69, 9.17) is 4.52 Å². The molecule has 0 amide bonds. The van der Waals surface area contributed by atoms with Crippen molar-refractivity contribution in [1.29, 1.82) is 0 Å². The zero-order valence-corrected chi connectivity index (χ0v) is 15.1. The number of nitrogens with zero attached hydrogens (tertiary/aromatic N) is 3. The first kappa shape index (κ1) is 19.0. The molecule has 0 aromatic carbocycles. The van der Waals surface area contributed by atoms with Crippen LogP contribution in [0.15, 0.2) is 11.3 Å². The fraction of sp³-hybridized carbons (Fsp3) is 0.667. The zero-order chi connectivity index (χ0) is 16.6. The predicted molar refractivity (Wildman–Crippen MR) is 90.1 cm³/mol. The molecule has 8 nitrogen and oxygen atoms in total. The first-order chi connectivity index (χ1) is 10.4. The van der Waals surface area contributed by atoms with Crippen LogP contribution < -0.4 is 5.32 Å². The van der Waals surface area contributed by atoms with Crippen LogP contribution in [0, 0.1) is 6.92 Å². The van der Waals surface area contributed by atoms with Gasteiger partial charge in [-0.25, -0.2) is 9.55 Å². The monoisotopic (exact) mass is 349 g/mol. The van der Waals surface area contributed by atoms with E-state index >= 15 is 0 Å². The van der Waals surface area contributed by atoms with Gasteiger partial charge in [-0.2, -0.15) is 11.8 Å². The highest BCUT2D eigenvalue weighted by Gasteiger charge is 2.28. The minimum atomic E-state index is -3.84. The van der Waals surface area contributed by atoms with Crippen molar-refractivity contribution in [3.63, 3.8) is 0 Å². The maximum absolute atomic E-state index is 11.9. The van der Waals surface area contributed by atoms with Crippen molar-refractivity contribution in [3.05, 3.63) is 17.7 Å². The number of aryl methyl sites for hydroxylation is 1. The maximum atomic E-state index is 11.9. The highest BCUT2D eigenvalue weighted by atomic mass is 32.2. The Morgan fingerprint density at radius 1 is 1.68 bits per heavy atom. The minimum absolute atomic E-state index is 0.161. The van der Waals surface area contributed by atoms with E-state index in [-0.39, 0.29) is 6.61 Å². The van der Waals surface area contributed by atoms with Crippen molar-refractivity contribution >= 4 is 25.5 Å². The molecule has 1 aromatic heterocycles. The summed E-state index contributed by atoms with van der Waals surface area (Å²) in [4.78, 5) is 21.0. The minimum Gasteiger partial charge on any atom is -0.355 e. The van der Waals surface area contributed by atoms with E-state index in [0.29, 0.717) is 12.5 Å². The van der Waals surface area contributed by atoms with Gasteiger partial charge in [-0.15, -0.1) is 0 Å². The second-order valence-electron chi connectivity index (χ2n) is 4.43. The number of aliphatic imine (C=N–C) groups is 1. The van der Waals surface area contributed by atoms with Crippen LogP contribution in [-0.4, -0.2) is 58.5 Å². The molecule has 1 rings (SSSR count). The highest BCUT2D eigenvalue weighted by Crippen LogP contribution is 2.44. The van der Waals surface area contributed by atoms with Gasteiger partial charge in [0.2, 0.25) is 5.96 Å². The van der Waals surface area contributed by atoms with E-state index in [1.165, 1.54) is 7.05 Å². The highest BCUT2D eigenvalue weighted by molar-refractivity contribution is 7.98. The number of guanidine groups is 1. The summed E-state index contributed by atoms with van der Waals surface area (Å²) >= 11 is 1.73. The number of hydrogen-bond donors (Lipinski definition) is 3. The molecule has 0 aliphatic heterocycles. The fourth-order valence-electron chi connectivity index (χ4n) is 1.65. The Morgan fingerprint density at radius 3 is 2.95 bits per heavy atom. The van der Waals surface area contributed by atoms with Gasteiger partial charge in [0.25, 0.3) is 0 Å². The summed E-state index contributed by atoms with van der Waals surface area (Å²) < 4.78 is 17.9. The van der Waals surface area contributed by atoms with Crippen LogP contribution in [0.4, 0.5) is 0 Å². The molecule has 0 aliphatic carbocycles. The van der Waals surface area contributed by atoms with Crippen LogP contribution >= 0.6 is 19.5 Å². The number of nitrogens with one attached hydrogen (secondary N) is 2. The molecule has 0 radical (unpaired) electrons. The topological polar surface area (TPSA) is 103 Å². The van der Waals surface area contributed by atoms with Crippen molar-refractivity contribution in [2.24, 2.45) is 4.99 Å². The van der Waals surface area contributed by atoms with Crippen LogP contribution in [0.3, 0.4) is 0 Å². The third kappa shape index (κ3) is 5.64. The molecule has 0 saturated heterocycles. The normalized spacial score (nSPS) is 14.7. The molecule has 1 unspecified atom stereocenters. The van der Waals surface area contributed by atoms with Crippen molar-refractivity contribution in [2.45, 2.75) is 19.6 Å². The van der Waals surface area contributed by atoms with Gasteiger partial charge >= 0.3 is 7.75 Å². The largest absolute Gasteiger partial charge is 0.434 e. The molecule has 0 fully saturated rings. The smallest absolute Gasteiger partial charge is 0.355 e. The molecule has 0 saturated carbocycles. The maximum Gasteiger partial charge on any atom is 0.434 e. The van der Waals surface area contributed by atoms with Crippen LogP contribution in [0.2, 0.25) is 0 Å². The number of thioether (sulfide) groups is 1. The summed E-state index contributed by atoms with van der Waals surface area (Å²) in [5, 5.41) is 3.04. The Kier molecular flexibility index (Phi) is 7.95. The Bertz CT molecular complexity index is 537. The number of aromatic nitrogens is 2. The Morgan fingerprint density at radius 2 is 2.41 bits per heavy atom. The predicted octanol–water partition coefficient (Wildman–Crippen LogP) is 1.60. The van der Waals surface area contributed by atoms with Gasteiger partial charge in [0.15, 0.2) is 0 Å². The lowest BCUT2D eigenvalue weighted by Gasteiger charge is -2.25. The van der Waals surface area contributed by atoms with Crippen molar-refractivity contribution in [1.82, 2.24) is 20.0 Å². The standard InChI is InChI=1S/C12H24N5O3PS/c1-5-20-21(18,19)17(4)12(13-3)14-6-7-22-8-11-10(2)15-9-16-11/h9H,5-8H2,1-4H3,(H,13,14)(H,15,16)(H,18,19). The second-order valence-corrected chi connectivity index (χ2v) is 7.38. The van der Waals surface area contributed by atoms with Crippen molar-refractivity contribution in [2.75, 3.05) is 33.0 Å². The molecule has 10 heteroatoms. The second kappa shape index (κ2) is 9.19. The molecular weight excluding hydrogens is 325 g/mol. The van der Waals surface area contributed by atoms with Gasteiger partial charge in [-0.3, -0.25) is 14.2 Å². The number of imidazole rings is 1. The lowest BCUT2D eigenvalue weighted by molar-refractivity contribution is 0.243. The SMILES string of the molecule is CCOP(=O)(O)N(C)C(=NC)NCCSCc1nc[nH]c1C. The third-order valence-electron chi connectivity index (χ3n) is 2.90. The summed E-state index contributed by atoms with van der Waals surface area (Å²) in [6, 6.07) is 0. The first-order valence-corrected chi connectivity index (χ1v) is 9.59. The van der Waals surface area contributed by atoms with Gasteiger partial charge < -0.3 is 15.2 Å². The molecule has 3 N–H and O–H groups in total. The summed E-state index contributed by atoms with van der Waals surface area (Å²) in [6.07, 6.45) is 1.69. The quantitative estimate of drug-likeness (QED) is 0.283. The van der Waals surface area contributed by atoms with E-state index < -0.39 is 7.75 Å². The van der Waals surface area contributed by atoms with E-state index in [9.17, 15) is 9.46 Å². The van der Waals surface area contributed by atoms with E-state index in [1.54, 1.807) is 32.1 Å². The number of rotatable bonds is 8. The summed E-state index contributed by atoms with van der Waals surface area (Å²) in [5.74, 6) is 1.97. The van der Waals surface area contributed by atoms with Crippen LogP contribution in [0.1, 0.15) is 18.3 Å². The van der Waals surface area contributed by atoms with E-state index in [0.717, 1.165) is 27.6 Å². The van der Waals surface area contributed by atoms with E-state index in [2.05, 4.69) is 20.3 Å². The molecule has 22 heavy (non-hydrogen) atoms. The number of hydrogen-bond acceptors (Lipinski definition) is 5. The zero-order valence-electron chi connectivity index (χ0n) is 13.4. The molecule has 0 bridgehead atoms. The van der Waals surface area contributed by atoms with Crippen LogP contribution in [0.25, 0.3) is 0 Å². The molecular formula is C12H24N5O3PS. The lowest BCUT2D eigenvalue weighted by Crippen LogP contribution is -2.38. The lowest BCUT2D eigenvalue weighted by atomic mass is 10.4.